The van der Waals surface area contributed by atoms with E-state index in [-0.39, 0.29) is 5.41 Å². The van der Waals surface area contributed by atoms with Crippen LogP contribution >= 0.6 is 0 Å². The van der Waals surface area contributed by atoms with Gasteiger partial charge in [-0.15, -0.1) is 0 Å². The van der Waals surface area contributed by atoms with E-state index in [1.54, 1.807) is 0 Å². The van der Waals surface area contributed by atoms with Crippen LogP contribution in [0.4, 0.5) is 0 Å². The van der Waals surface area contributed by atoms with Crippen molar-refractivity contribution >= 4 is 11.5 Å². The van der Waals surface area contributed by atoms with Crippen molar-refractivity contribution in [2.75, 3.05) is 39.4 Å². The molecule has 1 saturated carbocycles. The number of ketones is 1. The average Bonchev–Trinajstić information content (AvgIpc) is 2.33. The Hall–Kier alpha value is -0.740. The maximum Gasteiger partial charge on any atom is 0.139 e. The van der Waals surface area contributed by atoms with Crippen molar-refractivity contribution in [1.29, 1.82) is 0 Å². The molecule has 2 aliphatic rings. The minimum Gasteiger partial charge on any atom is -0.379 e. The number of morpholine rings is 1. The van der Waals surface area contributed by atoms with E-state index in [9.17, 15) is 4.79 Å². The minimum absolute atomic E-state index is 0.109. The molecule has 0 radical (unpaired) electrons. The zero-order valence-electron chi connectivity index (χ0n) is 12.3. The van der Waals surface area contributed by atoms with E-state index < -0.39 is 0 Å². The molecule has 19 heavy (non-hydrogen) atoms. The lowest BCUT2D eigenvalue weighted by Crippen LogP contribution is -2.37. The first-order valence-electron chi connectivity index (χ1n) is 7.39. The summed E-state index contributed by atoms with van der Waals surface area (Å²) in [5, 5.41) is 0. The number of Topliss-reactive ketones (excluding diaryl/α,β-unsaturated/α-hetero) is 1. The van der Waals surface area contributed by atoms with E-state index in [4.69, 9.17) is 4.74 Å². The predicted octanol–water partition coefficient (Wildman–Crippen LogP) is 1.93. The number of carbonyl (C=O) groups is 1. The van der Waals surface area contributed by atoms with Gasteiger partial charge in [0, 0.05) is 44.7 Å². The quantitative estimate of drug-likeness (QED) is 0.730. The topological polar surface area (TPSA) is 41.9 Å². The molecule has 0 atom stereocenters. The van der Waals surface area contributed by atoms with Gasteiger partial charge in [0.15, 0.2) is 0 Å². The van der Waals surface area contributed by atoms with Crippen LogP contribution in [0.1, 0.15) is 39.5 Å². The molecule has 2 fully saturated rings. The zero-order chi connectivity index (χ0) is 13.7. The van der Waals surface area contributed by atoms with Crippen molar-refractivity contribution in [3.05, 3.63) is 0 Å². The summed E-state index contributed by atoms with van der Waals surface area (Å²) in [6.07, 6.45) is 3.36. The van der Waals surface area contributed by atoms with Crippen LogP contribution in [0.15, 0.2) is 4.99 Å². The van der Waals surface area contributed by atoms with Gasteiger partial charge in [0.2, 0.25) is 0 Å². The van der Waals surface area contributed by atoms with Crippen molar-refractivity contribution in [2.24, 2.45) is 10.4 Å². The second kappa shape index (κ2) is 6.62. The van der Waals surface area contributed by atoms with Crippen molar-refractivity contribution in [3.8, 4) is 0 Å². The summed E-state index contributed by atoms with van der Waals surface area (Å²) in [5.74, 6) is 0.350. The number of aliphatic imine (C=N–C) groups is 1. The molecule has 0 aromatic heterocycles. The van der Waals surface area contributed by atoms with Crippen molar-refractivity contribution in [2.45, 2.75) is 39.5 Å². The molecule has 0 amide bonds. The zero-order valence-corrected chi connectivity index (χ0v) is 12.3. The van der Waals surface area contributed by atoms with Gasteiger partial charge in [-0.25, -0.2) is 0 Å². The molecule has 4 heteroatoms. The highest BCUT2D eigenvalue weighted by molar-refractivity contribution is 6.04. The Kier molecular flexibility index (Phi) is 5.11. The molecule has 1 aliphatic carbocycles. The Balaban J connectivity index is 1.71. The maximum absolute atomic E-state index is 11.7. The van der Waals surface area contributed by atoms with Crippen LogP contribution in [0.2, 0.25) is 0 Å². The second-order valence-electron chi connectivity index (χ2n) is 6.49. The normalized spacial score (nSPS) is 26.8. The van der Waals surface area contributed by atoms with E-state index >= 15 is 0 Å². The summed E-state index contributed by atoms with van der Waals surface area (Å²) in [6, 6.07) is 0. The minimum atomic E-state index is 0.109. The third kappa shape index (κ3) is 5.03. The number of nitrogens with zero attached hydrogens (tertiary/aromatic N) is 2. The predicted molar refractivity (Wildman–Crippen MR) is 76.8 cm³/mol. The van der Waals surface area contributed by atoms with Gasteiger partial charge in [0.05, 0.1) is 13.2 Å². The highest BCUT2D eigenvalue weighted by Crippen LogP contribution is 2.31. The van der Waals surface area contributed by atoms with Crippen LogP contribution in [0, 0.1) is 5.41 Å². The first kappa shape index (κ1) is 14.7. The number of ether oxygens (including phenoxy) is 1. The van der Waals surface area contributed by atoms with E-state index in [1.807, 2.05) is 0 Å². The molecule has 0 spiro atoms. The molecule has 108 valence electrons. The van der Waals surface area contributed by atoms with Gasteiger partial charge in [-0.3, -0.25) is 14.7 Å². The molecular weight excluding hydrogens is 240 g/mol. The van der Waals surface area contributed by atoms with Gasteiger partial charge in [0.25, 0.3) is 0 Å². The summed E-state index contributed by atoms with van der Waals surface area (Å²) >= 11 is 0. The Morgan fingerprint density at radius 3 is 2.68 bits per heavy atom. The lowest BCUT2D eigenvalue weighted by molar-refractivity contribution is -0.120. The van der Waals surface area contributed by atoms with E-state index in [1.165, 1.54) is 0 Å². The van der Waals surface area contributed by atoms with Gasteiger partial charge in [-0.2, -0.15) is 0 Å². The van der Waals surface area contributed by atoms with Crippen LogP contribution in [0.25, 0.3) is 0 Å². The summed E-state index contributed by atoms with van der Waals surface area (Å²) in [4.78, 5) is 18.7. The molecule has 1 heterocycles. The third-order valence-electron chi connectivity index (χ3n) is 3.83. The fourth-order valence-electron chi connectivity index (χ4n) is 2.97. The lowest BCUT2D eigenvalue weighted by atomic mass is 9.76. The van der Waals surface area contributed by atoms with Crippen molar-refractivity contribution in [3.63, 3.8) is 0 Å². The van der Waals surface area contributed by atoms with Crippen molar-refractivity contribution < 1.29 is 9.53 Å². The Bertz CT molecular complexity index is 344. The number of carbonyl (C=O) groups excluding carboxylic acids is 1. The monoisotopic (exact) mass is 266 g/mol. The fraction of sp³-hybridized carbons (Fsp3) is 0.867. The van der Waals surface area contributed by atoms with Crippen LogP contribution in [0.5, 0.6) is 0 Å². The highest BCUT2D eigenvalue weighted by Gasteiger charge is 2.29. The summed E-state index contributed by atoms with van der Waals surface area (Å²) in [5.41, 5.74) is 1.22. The largest absolute Gasteiger partial charge is 0.379 e. The molecular formula is C15H26N2O2. The molecule has 0 aromatic rings. The first-order chi connectivity index (χ1) is 9.05. The van der Waals surface area contributed by atoms with E-state index in [2.05, 4.69) is 23.7 Å². The van der Waals surface area contributed by atoms with Gasteiger partial charge in [-0.05, 0) is 18.3 Å². The second-order valence-corrected chi connectivity index (χ2v) is 6.49. The van der Waals surface area contributed by atoms with Crippen LogP contribution in [-0.2, 0) is 9.53 Å². The van der Waals surface area contributed by atoms with Gasteiger partial charge in [0.1, 0.15) is 5.78 Å². The highest BCUT2D eigenvalue weighted by atomic mass is 16.5. The molecule has 0 bridgehead atoms. The number of hydrogen-bond acceptors (Lipinski definition) is 4. The summed E-state index contributed by atoms with van der Waals surface area (Å²) < 4.78 is 5.33. The van der Waals surface area contributed by atoms with Gasteiger partial charge in [-0.1, -0.05) is 13.8 Å². The molecule has 4 nitrogen and oxygen atoms in total. The molecule has 0 aromatic carbocycles. The van der Waals surface area contributed by atoms with Crippen LogP contribution in [0.3, 0.4) is 0 Å². The number of hydrogen-bond donors (Lipinski definition) is 0. The number of rotatable bonds is 4. The van der Waals surface area contributed by atoms with Crippen LogP contribution < -0.4 is 0 Å². The Morgan fingerprint density at radius 1 is 1.26 bits per heavy atom. The third-order valence-corrected chi connectivity index (χ3v) is 3.83. The summed E-state index contributed by atoms with van der Waals surface area (Å²) in [6.45, 7) is 10.1. The Morgan fingerprint density at radius 2 is 2.00 bits per heavy atom. The standard InChI is InChI=1S/C15H26N2O2/c1-15(2)11-13(10-14(18)12-15)16-4-3-5-17-6-8-19-9-7-17/h3-12H2,1-2H3. The van der Waals surface area contributed by atoms with Crippen molar-refractivity contribution in [1.82, 2.24) is 4.90 Å². The molecule has 2 rings (SSSR count). The van der Waals surface area contributed by atoms with E-state index in [0.29, 0.717) is 18.6 Å². The lowest BCUT2D eigenvalue weighted by Gasteiger charge is -2.29. The molecule has 0 unspecified atom stereocenters. The maximum atomic E-state index is 11.7. The van der Waals surface area contributed by atoms with Crippen LogP contribution in [-0.4, -0.2) is 55.8 Å². The smallest absolute Gasteiger partial charge is 0.139 e. The fourth-order valence-corrected chi connectivity index (χ4v) is 2.97. The van der Waals surface area contributed by atoms with E-state index in [0.717, 1.165) is 57.9 Å². The first-order valence-corrected chi connectivity index (χ1v) is 7.39. The van der Waals surface area contributed by atoms with Gasteiger partial charge >= 0.3 is 0 Å². The average molecular weight is 266 g/mol. The Labute approximate surface area is 116 Å². The molecule has 1 saturated heterocycles. The molecule has 1 aliphatic heterocycles. The van der Waals surface area contributed by atoms with Gasteiger partial charge < -0.3 is 4.74 Å². The molecule has 0 N–H and O–H groups in total. The summed E-state index contributed by atoms with van der Waals surface area (Å²) in [7, 11) is 0. The SMILES string of the molecule is CC1(C)CC(=O)CC(=NCCCN2CCOCC2)C1.